The van der Waals surface area contributed by atoms with Crippen LogP contribution < -0.4 is 3.53 Å². The first kappa shape index (κ1) is 18.5. The molecule has 0 atom stereocenters. The molecule has 5 rings (SSSR count). The number of methoxy groups -OCH3 is 1. The fraction of sp³-hybridized carbons (Fsp3) is 0.300. The highest BCUT2D eigenvalue weighted by atomic mass is 127. The minimum absolute atomic E-state index is 0.362. The molecule has 1 aliphatic carbocycles. The Bertz CT molecular complexity index is 1120. The molecule has 1 fully saturated rings. The molecule has 0 amide bonds. The van der Waals surface area contributed by atoms with E-state index in [0.717, 1.165) is 35.8 Å². The fourth-order valence-corrected chi connectivity index (χ4v) is 4.12. The van der Waals surface area contributed by atoms with Crippen molar-refractivity contribution in [2.24, 2.45) is 0 Å². The van der Waals surface area contributed by atoms with Gasteiger partial charge in [-0.2, -0.15) is 0 Å². The Morgan fingerprint density at radius 2 is 2.03 bits per heavy atom. The molecular weight excluding hydrogens is 483 g/mol. The highest BCUT2D eigenvalue weighted by Crippen LogP contribution is 2.35. The summed E-state index contributed by atoms with van der Waals surface area (Å²) in [6.45, 7) is 1.86. The molecule has 0 saturated heterocycles. The van der Waals surface area contributed by atoms with Gasteiger partial charge in [-0.15, -0.1) is 0 Å². The SMILES string of the molecule is COC(=O)c1ccc(-c2nc(C3=CCN(C4CC4)C3)c3ncnc(NI)n23)cc1. The molecular formula is C20H19IN6O2. The average Bonchev–Trinajstić information content (AvgIpc) is 3.37. The number of fused-ring (bicyclic) bond motifs is 1. The number of anilines is 1. The van der Waals surface area contributed by atoms with Crippen LogP contribution in [-0.4, -0.2) is 56.5 Å². The number of hydrogen-bond acceptors (Lipinski definition) is 7. The highest BCUT2D eigenvalue weighted by molar-refractivity contribution is 14.1. The molecule has 1 aromatic carbocycles. The Morgan fingerprint density at radius 1 is 1.24 bits per heavy atom. The third kappa shape index (κ3) is 3.27. The van der Waals surface area contributed by atoms with E-state index in [0.29, 0.717) is 17.6 Å². The number of carbonyl (C=O) groups excluding carboxylic acids is 1. The second-order valence-electron chi connectivity index (χ2n) is 7.19. The van der Waals surface area contributed by atoms with Gasteiger partial charge in [0, 0.05) is 24.7 Å². The van der Waals surface area contributed by atoms with Gasteiger partial charge in [0.1, 0.15) is 17.8 Å². The molecule has 8 nitrogen and oxygen atoms in total. The molecule has 3 aromatic rings. The van der Waals surface area contributed by atoms with E-state index in [1.165, 1.54) is 25.5 Å². The molecule has 1 N–H and O–H groups in total. The van der Waals surface area contributed by atoms with Gasteiger partial charge >= 0.3 is 5.97 Å². The number of nitrogens with one attached hydrogen (secondary N) is 1. The van der Waals surface area contributed by atoms with Crippen LogP contribution in [0.1, 0.15) is 28.9 Å². The summed E-state index contributed by atoms with van der Waals surface area (Å²) in [6.07, 6.45) is 6.38. The summed E-state index contributed by atoms with van der Waals surface area (Å²) in [7, 11) is 1.38. The standard InChI is InChI=1S/C20H19IN6O2/c1-29-19(28)13-4-2-12(3-5-13)17-24-16(14-8-9-26(10-14)15-6-7-15)18-22-11-23-20(25-21)27(17)18/h2-5,8,11,15H,6-7,9-10H2,1H3,(H,22,23,25). The number of halogens is 1. The van der Waals surface area contributed by atoms with Crippen LogP contribution in [0.2, 0.25) is 0 Å². The van der Waals surface area contributed by atoms with Gasteiger partial charge in [0.2, 0.25) is 5.95 Å². The van der Waals surface area contributed by atoms with Crippen molar-refractivity contribution >= 4 is 46.0 Å². The lowest BCUT2D eigenvalue weighted by Crippen LogP contribution is -2.22. The number of aromatic nitrogens is 4. The van der Waals surface area contributed by atoms with Gasteiger partial charge in [0.05, 0.1) is 35.5 Å². The van der Waals surface area contributed by atoms with Crippen molar-refractivity contribution in [3.05, 3.63) is 47.9 Å². The van der Waals surface area contributed by atoms with Crippen molar-refractivity contribution in [1.29, 1.82) is 0 Å². The number of hydrogen-bond donors (Lipinski definition) is 1. The lowest BCUT2D eigenvalue weighted by Gasteiger charge is -2.13. The molecule has 2 aliphatic rings. The first-order valence-corrected chi connectivity index (χ1v) is 10.5. The van der Waals surface area contributed by atoms with Gasteiger partial charge in [-0.3, -0.25) is 8.43 Å². The number of nitrogens with zero attached hydrogens (tertiary/aromatic N) is 5. The van der Waals surface area contributed by atoms with Crippen molar-refractivity contribution in [1.82, 2.24) is 24.3 Å². The molecule has 29 heavy (non-hydrogen) atoms. The number of imidazole rings is 1. The Labute approximate surface area is 181 Å². The Balaban J connectivity index is 1.60. The largest absolute Gasteiger partial charge is 0.465 e. The van der Waals surface area contributed by atoms with Gasteiger partial charge in [-0.1, -0.05) is 18.2 Å². The number of rotatable bonds is 5. The summed E-state index contributed by atoms with van der Waals surface area (Å²) in [5.41, 5.74) is 4.23. The van der Waals surface area contributed by atoms with E-state index >= 15 is 0 Å². The minimum atomic E-state index is -0.362. The van der Waals surface area contributed by atoms with Crippen molar-refractivity contribution in [2.45, 2.75) is 18.9 Å². The van der Waals surface area contributed by atoms with E-state index in [-0.39, 0.29) is 5.97 Å². The molecule has 0 spiro atoms. The van der Waals surface area contributed by atoms with Crippen molar-refractivity contribution in [2.75, 3.05) is 23.7 Å². The summed E-state index contributed by atoms with van der Waals surface area (Å²) in [5, 5.41) is 0. The van der Waals surface area contributed by atoms with E-state index in [9.17, 15) is 4.79 Å². The molecule has 1 aliphatic heterocycles. The van der Waals surface area contributed by atoms with Crippen LogP contribution in [0, 0.1) is 0 Å². The molecule has 1 saturated carbocycles. The van der Waals surface area contributed by atoms with Crippen LogP contribution in [0.4, 0.5) is 5.95 Å². The molecule has 0 unspecified atom stereocenters. The first-order valence-electron chi connectivity index (χ1n) is 9.42. The van der Waals surface area contributed by atoms with Crippen LogP contribution in [0.25, 0.3) is 22.6 Å². The predicted octanol–water partition coefficient (Wildman–Crippen LogP) is 3.20. The second kappa shape index (κ2) is 7.38. The van der Waals surface area contributed by atoms with Gasteiger partial charge in [-0.25, -0.2) is 24.1 Å². The monoisotopic (exact) mass is 502 g/mol. The van der Waals surface area contributed by atoms with Crippen LogP contribution in [0.3, 0.4) is 0 Å². The van der Waals surface area contributed by atoms with Gasteiger partial charge in [0.25, 0.3) is 0 Å². The number of esters is 1. The highest BCUT2D eigenvalue weighted by Gasteiger charge is 2.33. The molecule has 148 valence electrons. The Morgan fingerprint density at radius 3 is 2.72 bits per heavy atom. The van der Waals surface area contributed by atoms with Crippen molar-refractivity contribution < 1.29 is 9.53 Å². The quantitative estimate of drug-likeness (QED) is 0.326. The summed E-state index contributed by atoms with van der Waals surface area (Å²) in [5.74, 6) is 1.02. The van der Waals surface area contributed by atoms with Gasteiger partial charge in [-0.05, 0) is 30.5 Å². The molecule has 0 radical (unpaired) electrons. The molecule has 0 bridgehead atoms. The number of benzene rings is 1. The number of carbonyl (C=O) groups is 1. The smallest absolute Gasteiger partial charge is 0.337 e. The zero-order valence-corrected chi connectivity index (χ0v) is 18.0. The van der Waals surface area contributed by atoms with Gasteiger partial charge in [0.15, 0.2) is 5.65 Å². The Kier molecular flexibility index (Phi) is 4.70. The maximum atomic E-state index is 11.8. The van der Waals surface area contributed by atoms with Crippen LogP contribution >= 0.6 is 22.9 Å². The van der Waals surface area contributed by atoms with E-state index in [1.54, 1.807) is 18.5 Å². The van der Waals surface area contributed by atoms with E-state index < -0.39 is 0 Å². The lowest BCUT2D eigenvalue weighted by atomic mass is 10.1. The van der Waals surface area contributed by atoms with Crippen LogP contribution in [0.15, 0.2) is 36.7 Å². The van der Waals surface area contributed by atoms with E-state index in [2.05, 4.69) is 47.3 Å². The second-order valence-corrected chi connectivity index (χ2v) is 7.73. The summed E-state index contributed by atoms with van der Waals surface area (Å²) >= 11 is 2.06. The molecule has 9 heteroatoms. The topological polar surface area (TPSA) is 84.7 Å². The lowest BCUT2D eigenvalue weighted by molar-refractivity contribution is 0.0601. The molecule has 3 heterocycles. The zero-order chi connectivity index (χ0) is 20.0. The van der Waals surface area contributed by atoms with Gasteiger partial charge < -0.3 is 4.74 Å². The maximum Gasteiger partial charge on any atom is 0.337 e. The predicted molar refractivity (Wildman–Crippen MR) is 118 cm³/mol. The van der Waals surface area contributed by atoms with Crippen LogP contribution in [-0.2, 0) is 4.74 Å². The minimum Gasteiger partial charge on any atom is -0.465 e. The summed E-state index contributed by atoms with van der Waals surface area (Å²) in [6, 6.07) is 7.94. The third-order valence-corrected chi connectivity index (χ3v) is 5.87. The van der Waals surface area contributed by atoms with E-state index in [4.69, 9.17) is 9.72 Å². The number of ether oxygens (including phenoxy) is 1. The third-order valence-electron chi connectivity index (χ3n) is 5.39. The van der Waals surface area contributed by atoms with Crippen molar-refractivity contribution in [3.8, 4) is 11.4 Å². The van der Waals surface area contributed by atoms with Crippen LogP contribution in [0.5, 0.6) is 0 Å². The summed E-state index contributed by atoms with van der Waals surface area (Å²) in [4.78, 5) is 28.1. The Hall–Kier alpha value is -2.53. The zero-order valence-electron chi connectivity index (χ0n) is 15.8. The molecule has 2 aromatic heterocycles. The maximum absolute atomic E-state index is 11.8. The normalized spacial score (nSPS) is 16.8. The fourth-order valence-electron chi connectivity index (χ4n) is 3.74. The first-order chi connectivity index (χ1) is 14.2. The summed E-state index contributed by atoms with van der Waals surface area (Å²) < 4.78 is 9.82. The average molecular weight is 502 g/mol. The van der Waals surface area contributed by atoms with E-state index in [1.807, 2.05) is 16.5 Å². The van der Waals surface area contributed by atoms with Crippen molar-refractivity contribution in [3.63, 3.8) is 0 Å².